The lowest BCUT2D eigenvalue weighted by atomic mass is 10.1. The molecule has 3 rings (SSSR count). The lowest BCUT2D eigenvalue weighted by Gasteiger charge is -2.19. The summed E-state index contributed by atoms with van der Waals surface area (Å²) < 4.78 is 10.7. The summed E-state index contributed by atoms with van der Waals surface area (Å²) >= 11 is 0. The number of nitrogens with two attached hydrogens (primary N) is 1. The molecule has 0 atom stereocenters. The van der Waals surface area contributed by atoms with Gasteiger partial charge in [0.1, 0.15) is 17.4 Å². The summed E-state index contributed by atoms with van der Waals surface area (Å²) in [6.45, 7) is 1.20. The summed E-state index contributed by atoms with van der Waals surface area (Å²) in [5.41, 5.74) is 5.72. The monoisotopic (exact) mass is 286 g/mol. The number of hydrogen-bond donors (Lipinski definition) is 2. The molecule has 21 heavy (non-hydrogen) atoms. The van der Waals surface area contributed by atoms with Crippen LogP contribution in [0.15, 0.2) is 24.3 Å². The van der Waals surface area contributed by atoms with E-state index in [1.54, 1.807) is 7.11 Å². The number of methoxy groups -OCH3 is 1. The first-order valence-electron chi connectivity index (χ1n) is 6.86. The summed E-state index contributed by atoms with van der Waals surface area (Å²) in [5, 5.41) is 0. The Bertz CT molecular complexity index is 628. The molecule has 2 heterocycles. The van der Waals surface area contributed by atoms with Crippen molar-refractivity contribution in [1.82, 2.24) is 9.97 Å². The number of rotatable bonds is 4. The van der Waals surface area contributed by atoms with Gasteiger partial charge in [-0.05, 0) is 17.7 Å². The summed E-state index contributed by atoms with van der Waals surface area (Å²) in [6.07, 6.45) is 1.43. The zero-order chi connectivity index (χ0) is 14.7. The zero-order valence-corrected chi connectivity index (χ0v) is 11.9. The molecular weight excluding hydrogens is 268 g/mol. The predicted octanol–water partition coefficient (Wildman–Crippen LogP) is 1.43. The number of hydrogen-bond acceptors (Lipinski definition) is 6. The molecule has 0 aliphatic carbocycles. The van der Waals surface area contributed by atoms with Crippen molar-refractivity contribution in [3.8, 4) is 5.75 Å². The first kappa shape index (κ1) is 13.8. The second-order valence-electron chi connectivity index (χ2n) is 4.89. The van der Waals surface area contributed by atoms with E-state index < -0.39 is 0 Å². The van der Waals surface area contributed by atoms with Crippen LogP contribution in [0.4, 0.5) is 5.82 Å². The Morgan fingerprint density at radius 1 is 1.38 bits per heavy atom. The molecule has 1 aromatic carbocycles. The average Bonchev–Trinajstić information content (AvgIpc) is 2.54. The molecule has 0 saturated carbocycles. The molecular formula is C15H18N4O2. The number of nitrogen functional groups attached to an aromatic ring is 1. The molecule has 3 N–H and O–H groups in total. The summed E-state index contributed by atoms with van der Waals surface area (Å²) in [4.78, 5) is 9.13. The molecule has 0 saturated heterocycles. The zero-order valence-electron chi connectivity index (χ0n) is 11.9. The van der Waals surface area contributed by atoms with Crippen molar-refractivity contribution in [3.05, 3.63) is 46.9 Å². The van der Waals surface area contributed by atoms with Gasteiger partial charge in [0.05, 0.1) is 26.0 Å². The van der Waals surface area contributed by atoms with Crippen LogP contribution in [0.5, 0.6) is 5.75 Å². The molecule has 0 spiro atoms. The van der Waals surface area contributed by atoms with Gasteiger partial charge >= 0.3 is 0 Å². The molecule has 0 bridgehead atoms. The molecule has 6 heteroatoms. The Morgan fingerprint density at radius 3 is 3.10 bits per heavy atom. The number of hydrazine groups is 1. The van der Waals surface area contributed by atoms with Crippen molar-refractivity contribution in [2.24, 2.45) is 5.84 Å². The summed E-state index contributed by atoms with van der Waals surface area (Å²) in [6, 6.07) is 7.90. The molecule has 110 valence electrons. The van der Waals surface area contributed by atoms with Crippen molar-refractivity contribution >= 4 is 5.82 Å². The third-order valence-electron chi connectivity index (χ3n) is 3.50. The van der Waals surface area contributed by atoms with Crippen LogP contribution in [0.1, 0.15) is 22.6 Å². The quantitative estimate of drug-likeness (QED) is 0.653. The minimum Gasteiger partial charge on any atom is -0.497 e. The number of aromatic nitrogens is 2. The van der Waals surface area contributed by atoms with Crippen LogP contribution in [0.25, 0.3) is 0 Å². The van der Waals surface area contributed by atoms with Crippen molar-refractivity contribution in [2.45, 2.75) is 19.4 Å². The van der Waals surface area contributed by atoms with E-state index in [1.807, 2.05) is 24.3 Å². The van der Waals surface area contributed by atoms with Gasteiger partial charge in [-0.25, -0.2) is 15.8 Å². The minimum absolute atomic E-state index is 0.508. The van der Waals surface area contributed by atoms with Crippen LogP contribution in [0.2, 0.25) is 0 Å². The van der Waals surface area contributed by atoms with Gasteiger partial charge in [0.25, 0.3) is 0 Å². The van der Waals surface area contributed by atoms with Crippen LogP contribution in [0.3, 0.4) is 0 Å². The van der Waals surface area contributed by atoms with Gasteiger partial charge in [-0.1, -0.05) is 12.1 Å². The first-order chi connectivity index (χ1) is 10.3. The highest BCUT2D eigenvalue weighted by Gasteiger charge is 2.17. The fourth-order valence-corrected chi connectivity index (χ4v) is 2.45. The van der Waals surface area contributed by atoms with E-state index in [1.165, 1.54) is 0 Å². The van der Waals surface area contributed by atoms with Gasteiger partial charge in [-0.3, -0.25) is 0 Å². The largest absolute Gasteiger partial charge is 0.497 e. The maximum Gasteiger partial charge on any atom is 0.149 e. The Balaban J connectivity index is 1.91. The van der Waals surface area contributed by atoms with E-state index in [2.05, 4.69) is 15.4 Å². The molecule has 2 aromatic rings. The molecule has 0 radical (unpaired) electrons. The molecule has 1 aliphatic heterocycles. The third kappa shape index (κ3) is 2.96. The molecule has 0 unspecified atom stereocenters. The topological polar surface area (TPSA) is 82.3 Å². The van der Waals surface area contributed by atoms with Gasteiger partial charge in [-0.15, -0.1) is 0 Å². The predicted molar refractivity (Wildman–Crippen MR) is 79.0 cm³/mol. The van der Waals surface area contributed by atoms with Crippen molar-refractivity contribution in [3.63, 3.8) is 0 Å². The first-order valence-corrected chi connectivity index (χ1v) is 6.86. The highest BCUT2D eigenvalue weighted by atomic mass is 16.5. The number of fused-ring (bicyclic) bond motifs is 1. The fourth-order valence-electron chi connectivity index (χ4n) is 2.45. The molecule has 6 nitrogen and oxygen atoms in total. The standard InChI is InChI=1S/C15H18N4O2/c1-20-11-4-2-3-10(7-11)8-14-17-13-5-6-21-9-12(13)15(18-14)19-16/h2-4,7H,5-6,8-9,16H2,1H3,(H,17,18,19). The van der Waals surface area contributed by atoms with Gasteiger partial charge in [0.2, 0.25) is 0 Å². The minimum atomic E-state index is 0.508. The van der Waals surface area contributed by atoms with Crippen LogP contribution >= 0.6 is 0 Å². The normalized spacial score (nSPS) is 13.6. The third-order valence-corrected chi connectivity index (χ3v) is 3.50. The summed E-state index contributed by atoms with van der Waals surface area (Å²) in [7, 11) is 1.66. The van der Waals surface area contributed by atoms with E-state index in [0.717, 1.165) is 34.8 Å². The van der Waals surface area contributed by atoms with Crippen LogP contribution < -0.4 is 16.0 Å². The maximum atomic E-state index is 5.57. The van der Waals surface area contributed by atoms with Crippen molar-refractivity contribution < 1.29 is 9.47 Å². The molecule has 1 aliphatic rings. The van der Waals surface area contributed by atoms with Crippen LogP contribution in [-0.2, 0) is 24.2 Å². The number of benzene rings is 1. The smallest absolute Gasteiger partial charge is 0.149 e. The fraction of sp³-hybridized carbons (Fsp3) is 0.333. The molecule has 1 aromatic heterocycles. The summed E-state index contributed by atoms with van der Waals surface area (Å²) in [5.74, 6) is 7.79. The second kappa shape index (κ2) is 6.07. The lowest BCUT2D eigenvalue weighted by molar-refractivity contribution is 0.109. The van der Waals surface area contributed by atoms with Gasteiger partial charge in [-0.2, -0.15) is 0 Å². The van der Waals surface area contributed by atoms with Crippen LogP contribution in [-0.4, -0.2) is 23.7 Å². The van der Waals surface area contributed by atoms with Crippen molar-refractivity contribution in [2.75, 3.05) is 19.1 Å². The van der Waals surface area contributed by atoms with Gasteiger partial charge in [0.15, 0.2) is 0 Å². The Hall–Kier alpha value is -2.18. The lowest BCUT2D eigenvalue weighted by Crippen LogP contribution is -2.20. The van der Waals surface area contributed by atoms with E-state index >= 15 is 0 Å². The second-order valence-corrected chi connectivity index (χ2v) is 4.89. The van der Waals surface area contributed by atoms with Crippen molar-refractivity contribution in [1.29, 1.82) is 0 Å². The molecule has 0 fully saturated rings. The highest BCUT2D eigenvalue weighted by Crippen LogP contribution is 2.23. The SMILES string of the molecule is COc1cccc(Cc2nc3c(c(NN)n2)COCC3)c1. The number of anilines is 1. The maximum absolute atomic E-state index is 5.57. The average molecular weight is 286 g/mol. The number of nitrogens with zero attached hydrogens (tertiary/aromatic N) is 2. The Labute approximate surface area is 123 Å². The number of ether oxygens (including phenoxy) is 2. The molecule has 0 amide bonds. The highest BCUT2D eigenvalue weighted by molar-refractivity contribution is 5.46. The van der Waals surface area contributed by atoms with E-state index in [-0.39, 0.29) is 0 Å². The van der Waals surface area contributed by atoms with Gasteiger partial charge < -0.3 is 14.9 Å². The van der Waals surface area contributed by atoms with Crippen LogP contribution in [0, 0.1) is 0 Å². The number of nitrogens with one attached hydrogen (secondary N) is 1. The Morgan fingerprint density at radius 2 is 2.29 bits per heavy atom. The van der Waals surface area contributed by atoms with E-state index in [9.17, 15) is 0 Å². The Kier molecular flexibility index (Phi) is 3.98. The van der Waals surface area contributed by atoms with Gasteiger partial charge in [0, 0.05) is 18.4 Å². The van der Waals surface area contributed by atoms with E-state index in [4.69, 9.17) is 15.3 Å². The van der Waals surface area contributed by atoms with E-state index in [0.29, 0.717) is 25.5 Å².